The molecule has 26 heavy (non-hydrogen) atoms. The van der Waals surface area contributed by atoms with Crippen LogP contribution in [0.5, 0.6) is 11.5 Å². The number of hydrogen-bond acceptors (Lipinski definition) is 3. The Morgan fingerprint density at radius 2 is 1.77 bits per heavy atom. The van der Waals surface area contributed by atoms with Gasteiger partial charge in [0, 0.05) is 5.56 Å². The maximum absolute atomic E-state index is 13.7. The number of carbonyl (C=O) groups excluding carboxylic acids is 1. The van der Waals surface area contributed by atoms with E-state index in [9.17, 15) is 4.79 Å². The first-order valence-corrected chi connectivity index (χ1v) is 9.59. The van der Waals surface area contributed by atoms with E-state index in [1.807, 2.05) is 37.3 Å². The molecule has 0 bridgehead atoms. The molecule has 1 aliphatic rings. The van der Waals surface area contributed by atoms with Gasteiger partial charge in [0.1, 0.15) is 11.5 Å². The van der Waals surface area contributed by atoms with Gasteiger partial charge >= 0.3 is 0 Å². The quantitative estimate of drug-likeness (QED) is 0.657. The van der Waals surface area contributed by atoms with Crippen LogP contribution in [0.3, 0.4) is 0 Å². The van der Waals surface area contributed by atoms with Crippen LogP contribution in [0.1, 0.15) is 61.0 Å². The zero-order valence-electron chi connectivity index (χ0n) is 16.0. The molecule has 3 heteroatoms. The van der Waals surface area contributed by atoms with Crippen LogP contribution in [0.25, 0.3) is 0 Å². The fourth-order valence-corrected chi connectivity index (χ4v) is 4.20. The Bertz CT molecular complexity index is 764. The zero-order chi connectivity index (χ0) is 18.6. The highest BCUT2D eigenvalue weighted by Gasteiger charge is 2.41. The summed E-state index contributed by atoms with van der Waals surface area (Å²) in [5.74, 6) is 1.92. The van der Waals surface area contributed by atoms with Gasteiger partial charge < -0.3 is 9.47 Å². The van der Waals surface area contributed by atoms with Gasteiger partial charge in [0.25, 0.3) is 0 Å². The van der Waals surface area contributed by atoms with E-state index in [1.165, 1.54) is 0 Å². The number of hydrogen-bond donors (Lipinski definition) is 0. The van der Waals surface area contributed by atoms with Gasteiger partial charge in [-0.3, -0.25) is 4.79 Å². The molecular weight excluding hydrogens is 324 g/mol. The van der Waals surface area contributed by atoms with Crippen molar-refractivity contribution in [1.29, 1.82) is 0 Å². The predicted octanol–water partition coefficient (Wildman–Crippen LogP) is 5.35. The molecule has 0 aromatic heterocycles. The first kappa shape index (κ1) is 18.5. The van der Waals surface area contributed by atoms with E-state index < -0.39 is 5.41 Å². The second-order valence-corrected chi connectivity index (χ2v) is 7.00. The molecule has 138 valence electrons. The fourth-order valence-electron chi connectivity index (χ4n) is 4.20. The van der Waals surface area contributed by atoms with Gasteiger partial charge in [0.15, 0.2) is 5.78 Å². The van der Waals surface area contributed by atoms with Crippen LogP contribution in [0.15, 0.2) is 42.5 Å². The summed E-state index contributed by atoms with van der Waals surface area (Å²) >= 11 is 0. The molecule has 2 aromatic rings. The summed E-state index contributed by atoms with van der Waals surface area (Å²) in [5.41, 5.74) is 2.62. The maximum atomic E-state index is 13.7. The van der Waals surface area contributed by atoms with Gasteiger partial charge in [-0.1, -0.05) is 25.5 Å². The summed E-state index contributed by atoms with van der Waals surface area (Å²) in [6.07, 6.45) is 4.64. The van der Waals surface area contributed by atoms with Crippen molar-refractivity contribution >= 4 is 5.78 Å². The summed E-state index contributed by atoms with van der Waals surface area (Å²) < 4.78 is 10.9. The summed E-state index contributed by atoms with van der Waals surface area (Å²) in [5, 5.41) is 0. The molecule has 1 aliphatic carbocycles. The average molecular weight is 352 g/mol. The van der Waals surface area contributed by atoms with Gasteiger partial charge in [-0.05, 0) is 74.1 Å². The predicted molar refractivity (Wildman–Crippen MR) is 104 cm³/mol. The molecule has 2 aromatic carbocycles. The Labute approximate surface area is 156 Å². The molecule has 0 heterocycles. The highest BCUT2D eigenvalue weighted by Crippen LogP contribution is 2.42. The molecule has 3 rings (SSSR count). The topological polar surface area (TPSA) is 35.5 Å². The molecule has 3 nitrogen and oxygen atoms in total. The Hall–Kier alpha value is -2.29. The molecule has 0 radical (unpaired) electrons. The number of methoxy groups -OCH3 is 1. The molecular formula is C23H28O3. The lowest BCUT2D eigenvalue weighted by Gasteiger charge is -2.32. The molecule has 1 unspecified atom stereocenters. The fraction of sp³-hybridized carbons (Fsp3) is 0.435. The van der Waals surface area contributed by atoms with Crippen LogP contribution >= 0.6 is 0 Å². The second-order valence-electron chi connectivity index (χ2n) is 7.00. The molecule has 1 atom stereocenters. The van der Waals surface area contributed by atoms with Crippen LogP contribution in [0.2, 0.25) is 0 Å². The van der Waals surface area contributed by atoms with Crippen LogP contribution in [0, 0.1) is 0 Å². The normalized spacial score (nSPS) is 19.6. The largest absolute Gasteiger partial charge is 0.497 e. The third kappa shape index (κ3) is 3.35. The summed E-state index contributed by atoms with van der Waals surface area (Å²) in [6, 6.07) is 14.0. The van der Waals surface area contributed by atoms with Crippen molar-refractivity contribution in [2.24, 2.45) is 0 Å². The Kier molecular flexibility index (Phi) is 5.65. The lowest BCUT2D eigenvalue weighted by atomic mass is 9.69. The SMILES string of the molecule is CCCC1(c2ccc(OCC)cc2)CCCc2cc(OC)ccc2C1=O. The summed E-state index contributed by atoms with van der Waals surface area (Å²) in [6.45, 7) is 4.78. The first-order valence-electron chi connectivity index (χ1n) is 9.59. The lowest BCUT2D eigenvalue weighted by Crippen LogP contribution is -2.35. The van der Waals surface area contributed by atoms with Crippen LogP contribution < -0.4 is 9.47 Å². The number of ether oxygens (including phenoxy) is 2. The van der Waals surface area contributed by atoms with Crippen LogP contribution in [0.4, 0.5) is 0 Å². The van der Waals surface area contributed by atoms with Crippen LogP contribution in [-0.2, 0) is 11.8 Å². The number of rotatable bonds is 6. The third-order valence-electron chi connectivity index (χ3n) is 5.44. The minimum Gasteiger partial charge on any atom is -0.497 e. The summed E-state index contributed by atoms with van der Waals surface area (Å²) in [7, 11) is 1.67. The van der Waals surface area contributed by atoms with Crippen molar-refractivity contribution in [1.82, 2.24) is 0 Å². The van der Waals surface area contributed by atoms with E-state index >= 15 is 0 Å². The minimum atomic E-state index is -0.445. The Balaban J connectivity index is 2.05. The Morgan fingerprint density at radius 1 is 1.04 bits per heavy atom. The van der Waals surface area contributed by atoms with Crippen molar-refractivity contribution in [3.8, 4) is 11.5 Å². The van der Waals surface area contributed by atoms with Crippen molar-refractivity contribution in [3.63, 3.8) is 0 Å². The monoisotopic (exact) mass is 352 g/mol. The highest BCUT2D eigenvalue weighted by molar-refractivity contribution is 6.05. The van der Waals surface area contributed by atoms with E-state index in [2.05, 4.69) is 19.1 Å². The third-order valence-corrected chi connectivity index (χ3v) is 5.44. The molecule has 0 amide bonds. The second kappa shape index (κ2) is 7.94. The van der Waals surface area contributed by atoms with Gasteiger partial charge in [0.05, 0.1) is 19.1 Å². The maximum Gasteiger partial charge on any atom is 0.173 e. The zero-order valence-corrected chi connectivity index (χ0v) is 16.0. The van der Waals surface area contributed by atoms with Crippen molar-refractivity contribution < 1.29 is 14.3 Å². The van der Waals surface area contributed by atoms with Crippen molar-refractivity contribution in [3.05, 3.63) is 59.2 Å². The van der Waals surface area contributed by atoms with Gasteiger partial charge in [-0.25, -0.2) is 0 Å². The number of carbonyl (C=O) groups is 1. The van der Waals surface area contributed by atoms with E-state index in [0.717, 1.165) is 60.3 Å². The Morgan fingerprint density at radius 3 is 2.42 bits per heavy atom. The van der Waals surface area contributed by atoms with Crippen LogP contribution in [-0.4, -0.2) is 19.5 Å². The standard InChI is InChI=1S/C23H28O3/c1-4-14-23(18-8-10-19(11-9-18)26-5-2)15-6-7-17-16-20(25-3)12-13-21(17)22(23)24/h8-13,16H,4-7,14-15H2,1-3H3. The van der Waals surface area contributed by atoms with E-state index in [-0.39, 0.29) is 5.78 Å². The summed E-state index contributed by atoms with van der Waals surface area (Å²) in [4.78, 5) is 13.7. The van der Waals surface area contributed by atoms with Gasteiger partial charge in [-0.15, -0.1) is 0 Å². The molecule has 0 N–H and O–H groups in total. The number of fused-ring (bicyclic) bond motifs is 1. The number of ketones is 1. The van der Waals surface area contributed by atoms with Gasteiger partial charge in [0.2, 0.25) is 0 Å². The minimum absolute atomic E-state index is 0.249. The molecule has 0 saturated carbocycles. The molecule has 0 spiro atoms. The van der Waals surface area contributed by atoms with Gasteiger partial charge in [-0.2, -0.15) is 0 Å². The number of benzene rings is 2. The highest BCUT2D eigenvalue weighted by atomic mass is 16.5. The van der Waals surface area contributed by atoms with Crippen molar-refractivity contribution in [2.45, 2.75) is 51.4 Å². The average Bonchev–Trinajstić information content (AvgIpc) is 2.80. The van der Waals surface area contributed by atoms with E-state index in [4.69, 9.17) is 9.47 Å². The molecule has 0 fully saturated rings. The number of aryl methyl sites for hydroxylation is 1. The number of Topliss-reactive ketones (excluding diaryl/α,β-unsaturated/α-hetero) is 1. The molecule has 0 aliphatic heterocycles. The first-order chi connectivity index (χ1) is 12.6. The van der Waals surface area contributed by atoms with E-state index in [0.29, 0.717) is 6.61 Å². The molecule has 0 saturated heterocycles. The van der Waals surface area contributed by atoms with E-state index in [1.54, 1.807) is 7.11 Å². The smallest absolute Gasteiger partial charge is 0.173 e. The lowest BCUT2D eigenvalue weighted by molar-refractivity contribution is 0.0865. The van der Waals surface area contributed by atoms with Crippen molar-refractivity contribution in [2.75, 3.05) is 13.7 Å².